The molecular weight excluding hydrogens is 298 g/mol. The van der Waals surface area contributed by atoms with Crippen LogP contribution in [0.25, 0.3) is 0 Å². The zero-order valence-corrected chi connectivity index (χ0v) is 12.7. The third-order valence-corrected chi connectivity index (χ3v) is 3.75. The summed E-state index contributed by atoms with van der Waals surface area (Å²) in [6.07, 6.45) is 3.37. The molecule has 0 saturated carbocycles. The maximum atomic E-state index is 11.6. The molecule has 0 spiro atoms. The lowest BCUT2D eigenvalue weighted by Gasteiger charge is -2.17. The Morgan fingerprint density at radius 2 is 2.00 bits per heavy atom. The van der Waals surface area contributed by atoms with E-state index in [1.54, 1.807) is 19.2 Å². The van der Waals surface area contributed by atoms with Gasteiger partial charge in [0.2, 0.25) is 11.6 Å². The Labute approximate surface area is 133 Å². The fraction of sp³-hybridized carbons (Fsp3) is 0.333. The first-order valence-electron chi connectivity index (χ1n) is 7.35. The molecule has 0 radical (unpaired) electrons. The molecule has 1 fully saturated rings. The van der Waals surface area contributed by atoms with Crippen LogP contribution in [0.5, 0.6) is 5.75 Å². The lowest BCUT2D eigenvalue weighted by Crippen LogP contribution is -2.21. The van der Waals surface area contributed by atoms with Gasteiger partial charge in [-0.1, -0.05) is 12.1 Å². The van der Waals surface area contributed by atoms with E-state index in [0.29, 0.717) is 17.3 Å². The van der Waals surface area contributed by atoms with Crippen LogP contribution < -0.4 is 15.0 Å². The summed E-state index contributed by atoms with van der Waals surface area (Å²) < 4.78 is 5.26. The van der Waals surface area contributed by atoms with Crippen LogP contribution >= 0.6 is 0 Å². The van der Waals surface area contributed by atoms with Gasteiger partial charge in [-0.2, -0.15) is 0 Å². The van der Waals surface area contributed by atoms with Crippen molar-refractivity contribution < 1.29 is 9.66 Å². The SMILES string of the molecule is COc1ccccc1Nc1ncnc(N2CCCC2)c1[N+](=O)[O-]. The van der Waals surface area contributed by atoms with Gasteiger partial charge < -0.3 is 15.0 Å². The van der Waals surface area contributed by atoms with Crippen LogP contribution in [0.3, 0.4) is 0 Å². The van der Waals surface area contributed by atoms with Crippen molar-refractivity contribution in [2.24, 2.45) is 0 Å². The number of para-hydroxylation sites is 2. The minimum Gasteiger partial charge on any atom is -0.495 e. The third kappa shape index (κ3) is 3.01. The molecule has 8 heteroatoms. The average molecular weight is 315 g/mol. The maximum absolute atomic E-state index is 11.6. The highest BCUT2D eigenvalue weighted by Crippen LogP contribution is 2.36. The number of hydrogen-bond acceptors (Lipinski definition) is 7. The molecule has 0 aliphatic carbocycles. The minimum atomic E-state index is -0.439. The number of nitrogens with zero attached hydrogens (tertiary/aromatic N) is 4. The van der Waals surface area contributed by atoms with E-state index >= 15 is 0 Å². The highest BCUT2D eigenvalue weighted by Gasteiger charge is 2.28. The molecule has 2 heterocycles. The van der Waals surface area contributed by atoms with Crippen molar-refractivity contribution in [1.29, 1.82) is 0 Å². The van der Waals surface area contributed by atoms with Crippen LogP contribution in [0, 0.1) is 10.1 Å². The molecule has 1 aliphatic rings. The molecule has 3 rings (SSSR count). The second-order valence-electron chi connectivity index (χ2n) is 5.17. The number of aromatic nitrogens is 2. The van der Waals surface area contributed by atoms with Crippen molar-refractivity contribution in [2.45, 2.75) is 12.8 Å². The second kappa shape index (κ2) is 6.47. The largest absolute Gasteiger partial charge is 0.495 e. The van der Waals surface area contributed by atoms with Gasteiger partial charge in [-0.05, 0) is 25.0 Å². The van der Waals surface area contributed by atoms with E-state index in [1.807, 2.05) is 17.0 Å². The van der Waals surface area contributed by atoms with Gasteiger partial charge in [-0.25, -0.2) is 9.97 Å². The zero-order valence-electron chi connectivity index (χ0n) is 12.7. The number of anilines is 3. The molecule has 1 aromatic carbocycles. The summed E-state index contributed by atoms with van der Waals surface area (Å²) >= 11 is 0. The topological polar surface area (TPSA) is 93.4 Å². The van der Waals surface area contributed by atoms with Crippen molar-refractivity contribution >= 4 is 23.0 Å². The van der Waals surface area contributed by atoms with Crippen molar-refractivity contribution in [3.05, 3.63) is 40.7 Å². The predicted octanol–water partition coefficient (Wildman–Crippen LogP) is 2.74. The van der Waals surface area contributed by atoms with Gasteiger partial charge in [0, 0.05) is 13.1 Å². The van der Waals surface area contributed by atoms with E-state index in [9.17, 15) is 10.1 Å². The van der Waals surface area contributed by atoms with Gasteiger partial charge in [-0.3, -0.25) is 10.1 Å². The number of rotatable bonds is 5. The molecule has 23 heavy (non-hydrogen) atoms. The summed E-state index contributed by atoms with van der Waals surface area (Å²) in [6, 6.07) is 7.20. The van der Waals surface area contributed by atoms with Crippen LogP contribution in [0.4, 0.5) is 23.0 Å². The Bertz CT molecular complexity index is 716. The van der Waals surface area contributed by atoms with Crippen molar-refractivity contribution in [2.75, 3.05) is 30.4 Å². The highest BCUT2D eigenvalue weighted by molar-refractivity contribution is 5.76. The Hall–Kier alpha value is -2.90. The van der Waals surface area contributed by atoms with E-state index in [-0.39, 0.29) is 11.5 Å². The van der Waals surface area contributed by atoms with Crippen LogP contribution in [0.2, 0.25) is 0 Å². The van der Waals surface area contributed by atoms with E-state index < -0.39 is 4.92 Å². The molecule has 0 amide bonds. The number of ether oxygens (including phenoxy) is 1. The van der Waals surface area contributed by atoms with Crippen molar-refractivity contribution in [3.63, 3.8) is 0 Å². The number of nitrogens with one attached hydrogen (secondary N) is 1. The summed E-state index contributed by atoms with van der Waals surface area (Å²) in [5.41, 5.74) is 0.504. The minimum absolute atomic E-state index is 0.111. The van der Waals surface area contributed by atoms with Gasteiger partial charge in [0.1, 0.15) is 12.1 Å². The first-order valence-corrected chi connectivity index (χ1v) is 7.35. The molecule has 1 aliphatic heterocycles. The van der Waals surface area contributed by atoms with Gasteiger partial charge in [-0.15, -0.1) is 0 Å². The van der Waals surface area contributed by atoms with Gasteiger partial charge >= 0.3 is 5.69 Å². The molecule has 2 aromatic rings. The molecule has 8 nitrogen and oxygen atoms in total. The van der Waals surface area contributed by atoms with Crippen LogP contribution in [0.1, 0.15) is 12.8 Å². The average Bonchev–Trinajstić information content (AvgIpc) is 3.09. The molecule has 120 valence electrons. The standard InChI is InChI=1S/C15H17N5O3/c1-23-12-7-3-2-6-11(12)18-14-13(20(21)22)15(17-10-16-14)19-8-4-5-9-19/h2-3,6-7,10H,4-5,8-9H2,1H3,(H,16,17,18). The Morgan fingerprint density at radius 1 is 1.26 bits per heavy atom. The molecular formula is C15H17N5O3. The Balaban J connectivity index is 2.01. The van der Waals surface area contributed by atoms with Crippen molar-refractivity contribution in [1.82, 2.24) is 9.97 Å². The zero-order chi connectivity index (χ0) is 16.2. The first kappa shape index (κ1) is 15.0. The Kier molecular flexibility index (Phi) is 4.22. The maximum Gasteiger partial charge on any atom is 0.353 e. The quantitative estimate of drug-likeness (QED) is 0.669. The monoisotopic (exact) mass is 315 g/mol. The number of benzene rings is 1. The summed E-state index contributed by atoms with van der Waals surface area (Å²) in [5.74, 6) is 1.11. The smallest absolute Gasteiger partial charge is 0.353 e. The lowest BCUT2D eigenvalue weighted by atomic mass is 10.3. The fourth-order valence-corrected chi connectivity index (χ4v) is 2.66. The summed E-state index contributed by atoms with van der Waals surface area (Å²) in [6.45, 7) is 1.54. The van der Waals surface area contributed by atoms with Crippen LogP contribution in [-0.2, 0) is 0 Å². The molecule has 1 N–H and O–H groups in total. The summed E-state index contributed by atoms with van der Waals surface area (Å²) in [5, 5.41) is 14.6. The summed E-state index contributed by atoms with van der Waals surface area (Å²) in [4.78, 5) is 21.2. The van der Waals surface area contributed by atoms with Crippen molar-refractivity contribution in [3.8, 4) is 5.75 Å². The second-order valence-corrected chi connectivity index (χ2v) is 5.17. The normalized spacial score (nSPS) is 13.9. The fourth-order valence-electron chi connectivity index (χ4n) is 2.66. The molecule has 0 unspecified atom stereocenters. The lowest BCUT2D eigenvalue weighted by molar-refractivity contribution is -0.383. The molecule has 1 aromatic heterocycles. The predicted molar refractivity (Wildman–Crippen MR) is 86.4 cm³/mol. The number of hydrogen-bond donors (Lipinski definition) is 1. The third-order valence-electron chi connectivity index (χ3n) is 3.75. The molecule has 1 saturated heterocycles. The molecule has 0 atom stereocenters. The van der Waals surface area contributed by atoms with Crippen LogP contribution in [0.15, 0.2) is 30.6 Å². The van der Waals surface area contributed by atoms with Gasteiger partial charge in [0.05, 0.1) is 17.7 Å². The molecule has 0 bridgehead atoms. The Morgan fingerprint density at radius 3 is 2.70 bits per heavy atom. The first-order chi connectivity index (χ1) is 11.2. The number of methoxy groups -OCH3 is 1. The summed E-state index contributed by atoms with van der Waals surface area (Å²) in [7, 11) is 1.55. The van der Waals surface area contributed by atoms with Gasteiger partial charge in [0.15, 0.2) is 0 Å². The van der Waals surface area contributed by atoms with Crippen LogP contribution in [-0.4, -0.2) is 35.1 Å². The van der Waals surface area contributed by atoms with E-state index in [1.165, 1.54) is 6.33 Å². The van der Waals surface area contributed by atoms with Gasteiger partial charge in [0.25, 0.3) is 0 Å². The van der Waals surface area contributed by atoms with E-state index in [2.05, 4.69) is 15.3 Å². The van der Waals surface area contributed by atoms with E-state index in [4.69, 9.17) is 4.74 Å². The highest BCUT2D eigenvalue weighted by atomic mass is 16.6. The van der Waals surface area contributed by atoms with E-state index in [0.717, 1.165) is 25.9 Å². The number of nitro groups is 1.